The van der Waals surface area contributed by atoms with E-state index in [-0.39, 0.29) is 42.6 Å². The summed E-state index contributed by atoms with van der Waals surface area (Å²) in [5, 5.41) is 13.5. The summed E-state index contributed by atoms with van der Waals surface area (Å²) >= 11 is 1.65. The number of nitrogens with zero attached hydrogens (tertiary/aromatic N) is 2. The lowest BCUT2D eigenvalue weighted by Gasteiger charge is -2.41. The van der Waals surface area contributed by atoms with E-state index in [1.54, 1.807) is 42.2 Å². The van der Waals surface area contributed by atoms with E-state index in [1.165, 1.54) is 0 Å². The van der Waals surface area contributed by atoms with Gasteiger partial charge in [0.1, 0.15) is 6.04 Å². The predicted molar refractivity (Wildman–Crippen MR) is 226 cm³/mol. The number of rotatable bonds is 15. The van der Waals surface area contributed by atoms with Gasteiger partial charge in [0.25, 0.3) is 0 Å². The summed E-state index contributed by atoms with van der Waals surface area (Å²) < 4.78 is 44.9. The Morgan fingerprint density at radius 2 is 1.55 bits per heavy atom. The number of carbonyl (C=O) groups excluding carboxylic acids is 1. The summed E-state index contributed by atoms with van der Waals surface area (Å²) in [6, 6.07) is 38.8. The number of hydrogen-bond acceptors (Lipinski definition) is 8. The highest BCUT2D eigenvalue weighted by Gasteiger charge is 2.38. The van der Waals surface area contributed by atoms with Crippen molar-refractivity contribution in [1.82, 2.24) is 19.6 Å². The second-order valence-corrected chi connectivity index (χ2v) is 17.4. The van der Waals surface area contributed by atoms with Crippen LogP contribution < -0.4 is 10.0 Å². The number of aryl methyl sites for hydroxylation is 2. The highest BCUT2D eigenvalue weighted by Crippen LogP contribution is 2.43. The minimum absolute atomic E-state index is 0.0266. The van der Waals surface area contributed by atoms with Crippen LogP contribution in [0.1, 0.15) is 52.7 Å². The monoisotopic (exact) mass is 816 g/mol. The Bertz CT molecular complexity index is 2410. The molecule has 6 aromatic rings. The van der Waals surface area contributed by atoms with E-state index in [4.69, 9.17) is 9.47 Å². The fraction of sp³-hybridized carbons (Fsp3) is 0.261. The number of nitrogens with one attached hydrogen (secondary N) is 2. The number of ether oxygens (including phenoxy) is 2. The van der Waals surface area contributed by atoms with E-state index in [1.807, 2.05) is 122 Å². The van der Waals surface area contributed by atoms with Gasteiger partial charge in [-0.25, -0.2) is 13.4 Å². The quantitative estimate of drug-likeness (QED) is 0.0901. The number of benzene rings is 5. The summed E-state index contributed by atoms with van der Waals surface area (Å²) in [6.45, 7) is 4.21. The molecule has 2 heterocycles. The van der Waals surface area contributed by atoms with Gasteiger partial charge in [0.15, 0.2) is 11.4 Å². The first-order chi connectivity index (χ1) is 28.1. The molecular weight excluding hydrogens is 769 g/mol. The van der Waals surface area contributed by atoms with E-state index < -0.39 is 28.3 Å². The van der Waals surface area contributed by atoms with Gasteiger partial charge < -0.3 is 24.5 Å². The molecule has 1 aromatic heterocycles. The summed E-state index contributed by atoms with van der Waals surface area (Å²) in [6.07, 6.45) is 2.87. The van der Waals surface area contributed by atoms with Gasteiger partial charge >= 0.3 is 0 Å². The van der Waals surface area contributed by atoms with Crippen LogP contribution in [0.5, 0.6) is 0 Å². The fourth-order valence-corrected chi connectivity index (χ4v) is 9.30. The van der Waals surface area contributed by atoms with E-state index in [0.717, 1.165) is 49.7 Å². The van der Waals surface area contributed by atoms with Gasteiger partial charge in [-0.3, -0.25) is 4.79 Å². The Morgan fingerprint density at radius 3 is 2.26 bits per heavy atom. The first kappa shape index (κ1) is 41.1. The second-order valence-electron chi connectivity index (χ2n) is 14.7. The molecule has 58 heavy (non-hydrogen) atoms. The van der Waals surface area contributed by atoms with Crippen molar-refractivity contribution in [2.24, 2.45) is 13.0 Å². The van der Waals surface area contributed by atoms with Crippen molar-refractivity contribution in [3.8, 4) is 11.1 Å². The maximum Gasteiger partial charge on any atom is 0.241 e. The van der Waals surface area contributed by atoms with Crippen molar-refractivity contribution in [2.45, 2.75) is 68.0 Å². The van der Waals surface area contributed by atoms with Gasteiger partial charge in [-0.2, -0.15) is 4.72 Å². The fourth-order valence-electron chi connectivity index (χ4n) is 7.01. The number of aromatic nitrogens is 2. The third-order valence-electron chi connectivity index (χ3n) is 10.4. The topological polar surface area (TPSA) is 132 Å². The molecule has 0 saturated carbocycles. The van der Waals surface area contributed by atoms with Crippen LogP contribution in [0.15, 0.2) is 150 Å². The number of thioether (sulfide) groups is 1. The molecule has 3 N–H and O–H groups in total. The normalized spacial score (nSPS) is 18.8. The minimum atomic E-state index is -3.97. The van der Waals surface area contributed by atoms with Crippen molar-refractivity contribution in [3.63, 3.8) is 0 Å². The Labute approximate surface area is 344 Å². The molecule has 7 rings (SSSR count). The van der Waals surface area contributed by atoms with Gasteiger partial charge in [0.2, 0.25) is 15.9 Å². The average Bonchev–Trinajstić information content (AvgIpc) is 3.66. The molecule has 10 nitrogen and oxygen atoms in total. The number of hydrogen-bond donors (Lipinski definition) is 3. The Morgan fingerprint density at radius 1 is 0.845 bits per heavy atom. The zero-order chi connectivity index (χ0) is 40.6. The van der Waals surface area contributed by atoms with Crippen molar-refractivity contribution in [1.29, 1.82) is 0 Å². The van der Waals surface area contributed by atoms with E-state index in [0.29, 0.717) is 5.75 Å². The molecule has 12 heteroatoms. The van der Waals surface area contributed by atoms with Gasteiger partial charge in [-0.1, -0.05) is 127 Å². The molecule has 0 aliphatic carbocycles. The number of aliphatic hydroxyl groups excluding tert-OH is 1. The Kier molecular flexibility index (Phi) is 13.2. The molecule has 0 unspecified atom stereocenters. The van der Waals surface area contributed by atoms with Crippen LogP contribution in [-0.4, -0.2) is 46.9 Å². The number of carbonyl (C=O) groups is 1. The minimum Gasteiger partial charge on any atom is -0.392 e. The number of imidazole rings is 1. The van der Waals surface area contributed by atoms with Crippen LogP contribution in [0, 0.1) is 12.8 Å². The van der Waals surface area contributed by atoms with Crippen LogP contribution in [0.25, 0.3) is 11.1 Å². The summed E-state index contributed by atoms with van der Waals surface area (Å²) in [5.41, 5.74) is 7.25. The third kappa shape index (κ3) is 10.1. The number of sulfonamides is 1. The Hall–Kier alpha value is -5.08. The van der Waals surface area contributed by atoms with E-state index in [9.17, 15) is 18.3 Å². The van der Waals surface area contributed by atoms with Crippen LogP contribution >= 0.6 is 11.8 Å². The lowest BCUT2D eigenvalue weighted by molar-refractivity contribution is -0.268. The molecule has 1 aliphatic heterocycles. The van der Waals surface area contributed by atoms with Crippen LogP contribution in [0.2, 0.25) is 0 Å². The highest BCUT2D eigenvalue weighted by molar-refractivity contribution is 7.99. The van der Waals surface area contributed by atoms with Crippen molar-refractivity contribution in [2.75, 3.05) is 5.75 Å². The lowest BCUT2D eigenvalue weighted by atomic mass is 9.91. The van der Waals surface area contributed by atoms with E-state index in [2.05, 4.69) is 28.0 Å². The van der Waals surface area contributed by atoms with Crippen molar-refractivity contribution >= 4 is 27.7 Å². The molecule has 0 bridgehead atoms. The molecule has 1 fully saturated rings. The first-order valence-corrected chi connectivity index (χ1v) is 21.7. The Balaban J connectivity index is 1.08. The standard InChI is InChI=1S/C46H48N4O6S2/c1-31-15-21-40(22-16-31)58(53,54)49-41(26-33-9-5-4-6-10-33)44(52)48-28-35-11-7-12-37(25-35)38-13-8-14-39(27-38)45-55-42(30-57-46-47-23-24-50(46)3)32(2)43(56-45)36-19-17-34(29-51)18-20-36/h4-25,27,32,41-43,45,49,51H,26,28-30H2,1-3H3,(H,48,52)/t32-,41+,42+,43+,45+/m0/s1. The first-order valence-electron chi connectivity index (χ1n) is 19.3. The van der Waals surface area contributed by atoms with Gasteiger partial charge in [0, 0.05) is 43.2 Å². The molecule has 5 aromatic carbocycles. The molecule has 0 radical (unpaired) electrons. The van der Waals surface area contributed by atoms with Gasteiger partial charge in [0.05, 0.1) is 23.7 Å². The number of amides is 1. The van der Waals surface area contributed by atoms with Crippen molar-refractivity contribution in [3.05, 3.63) is 173 Å². The SMILES string of the molecule is Cc1ccc(S(=O)(=O)N[C@H](Cc2ccccc2)C(=O)NCc2cccc(-c3cccc([C@@H]4O[C@H](CSc5nccn5C)[C@H](C)[C@H](c5ccc(CO)cc5)O4)c3)c2)cc1. The third-order valence-corrected chi connectivity index (χ3v) is 13.0. The maximum absolute atomic E-state index is 13.7. The van der Waals surface area contributed by atoms with Crippen LogP contribution in [-0.2, 0) is 50.9 Å². The molecular formula is C46H48N4O6S2. The smallest absolute Gasteiger partial charge is 0.241 e. The average molecular weight is 817 g/mol. The largest absolute Gasteiger partial charge is 0.392 e. The molecule has 1 saturated heterocycles. The summed E-state index contributed by atoms with van der Waals surface area (Å²) in [7, 11) is -1.99. The van der Waals surface area contributed by atoms with Gasteiger partial charge in [-0.05, 0) is 71.0 Å². The maximum atomic E-state index is 13.7. The van der Waals surface area contributed by atoms with Gasteiger partial charge in [-0.15, -0.1) is 0 Å². The molecule has 0 spiro atoms. The predicted octanol–water partition coefficient (Wildman–Crippen LogP) is 7.68. The summed E-state index contributed by atoms with van der Waals surface area (Å²) in [5.74, 6) is 0.290. The summed E-state index contributed by atoms with van der Waals surface area (Å²) in [4.78, 5) is 18.3. The second kappa shape index (κ2) is 18.7. The van der Waals surface area contributed by atoms with Crippen LogP contribution in [0.3, 0.4) is 0 Å². The zero-order valence-electron chi connectivity index (χ0n) is 32.7. The molecule has 300 valence electrons. The molecule has 5 atom stereocenters. The lowest BCUT2D eigenvalue weighted by Crippen LogP contribution is -2.47. The van der Waals surface area contributed by atoms with Crippen LogP contribution in [0.4, 0.5) is 0 Å². The molecule has 1 aliphatic rings. The highest BCUT2D eigenvalue weighted by atomic mass is 32.2. The molecule has 1 amide bonds. The number of aliphatic hydroxyl groups is 1. The van der Waals surface area contributed by atoms with Crippen molar-refractivity contribution < 1.29 is 27.8 Å². The zero-order valence-corrected chi connectivity index (χ0v) is 34.3. The van der Waals surface area contributed by atoms with E-state index >= 15 is 0 Å².